The molecule has 1 aliphatic heterocycles. The maximum absolute atomic E-state index is 12.0. The Hall–Kier alpha value is -2.31. The Kier molecular flexibility index (Phi) is 3.55. The minimum absolute atomic E-state index is 0.119. The van der Waals surface area contributed by atoms with E-state index in [-0.39, 0.29) is 25.3 Å². The topological polar surface area (TPSA) is 108 Å². The van der Waals surface area contributed by atoms with E-state index in [2.05, 4.69) is 0 Å². The standard InChI is InChI=1S/C12H13NO6/c14-10(9-2-1-5-19-9)13-4-3-7(11(15)16)8(6-13)12(17)18/h1-2,5,7-8H,3-4,6H2,(H,15,16)(H,17,18). The van der Waals surface area contributed by atoms with E-state index in [1.807, 2.05) is 0 Å². The van der Waals surface area contributed by atoms with Crippen LogP contribution >= 0.6 is 0 Å². The molecule has 0 radical (unpaired) electrons. The van der Waals surface area contributed by atoms with Crippen LogP contribution in [0.2, 0.25) is 0 Å². The van der Waals surface area contributed by atoms with Crippen LogP contribution in [-0.4, -0.2) is 46.0 Å². The fourth-order valence-corrected chi connectivity index (χ4v) is 2.24. The third-order valence-electron chi connectivity index (χ3n) is 3.27. The Morgan fingerprint density at radius 2 is 1.89 bits per heavy atom. The van der Waals surface area contributed by atoms with Crippen LogP contribution in [0.25, 0.3) is 0 Å². The van der Waals surface area contributed by atoms with Gasteiger partial charge < -0.3 is 19.5 Å². The van der Waals surface area contributed by atoms with Gasteiger partial charge in [0.05, 0.1) is 18.1 Å². The number of aliphatic carboxylic acids is 2. The van der Waals surface area contributed by atoms with E-state index in [1.165, 1.54) is 17.2 Å². The molecule has 2 rings (SSSR count). The number of hydrogen-bond donors (Lipinski definition) is 2. The lowest BCUT2D eigenvalue weighted by atomic mass is 9.85. The predicted molar refractivity (Wildman–Crippen MR) is 61.5 cm³/mol. The lowest BCUT2D eigenvalue weighted by Crippen LogP contribution is -2.48. The average molecular weight is 267 g/mol. The maximum Gasteiger partial charge on any atom is 0.309 e. The number of likely N-dealkylation sites (tertiary alicyclic amines) is 1. The minimum Gasteiger partial charge on any atom is -0.481 e. The molecule has 7 nitrogen and oxygen atoms in total. The number of carboxylic acid groups (broad SMARTS) is 2. The fraction of sp³-hybridized carbons (Fsp3) is 0.417. The average Bonchev–Trinajstić information content (AvgIpc) is 2.90. The van der Waals surface area contributed by atoms with Crippen molar-refractivity contribution in [3.05, 3.63) is 24.2 Å². The van der Waals surface area contributed by atoms with Gasteiger partial charge in [0, 0.05) is 13.1 Å². The molecule has 2 heterocycles. The van der Waals surface area contributed by atoms with Crippen molar-refractivity contribution < 1.29 is 29.0 Å². The van der Waals surface area contributed by atoms with Crippen LogP contribution in [0.5, 0.6) is 0 Å². The number of carboxylic acids is 2. The normalized spacial score (nSPS) is 23.1. The van der Waals surface area contributed by atoms with Gasteiger partial charge in [0.1, 0.15) is 0 Å². The van der Waals surface area contributed by atoms with Crippen molar-refractivity contribution >= 4 is 17.8 Å². The van der Waals surface area contributed by atoms with Gasteiger partial charge in [-0.1, -0.05) is 0 Å². The third-order valence-corrected chi connectivity index (χ3v) is 3.27. The Bertz CT molecular complexity index is 494. The summed E-state index contributed by atoms with van der Waals surface area (Å²) in [6.45, 7) is 0.0894. The molecule has 2 atom stereocenters. The van der Waals surface area contributed by atoms with E-state index < -0.39 is 29.7 Å². The number of carbonyl (C=O) groups excluding carboxylic acids is 1. The molecule has 102 valence electrons. The number of amides is 1. The zero-order valence-electron chi connectivity index (χ0n) is 9.98. The zero-order valence-corrected chi connectivity index (χ0v) is 9.98. The van der Waals surface area contributed by atoms with E-state index >= 15 is 0 Å². The fourth-order valence-electron chi connectivity index (χ4n) is 2.24. The van der Waals surface area contributed by atoms with Crippen LogP contribution in [0.1, 0.15) is 17.0 Å². The molecule has 1 aliphatic rings. The highest BCUT2D eigenvalue weighted by atomic mass is 16.4. The molecule has 0 saturated carbocycles. The summed E-state index contributed by atoms with van der Waals surface area (Å²) < 4.78 is 4.96. The SMILES string of the molecule is O=C(O)C1CCN(C(=O)c2ccco2)CC1C(=O)O. The van der Waals surface area contributed by atoms with Crippen molar-refractivity contribution in [1.82, 2.24) is 4.90 Å². The molecule has 0 spiro atoms. The Labute approximate surface area is 108 Å². The van der Waals surface area contributed by atoms with Crippen LogP contribution in [0.3, 0.4) is 0 Å². The molecule has 7 heteroatoms. The van der Waals surface area contributed by atoms with E-state index in [4.69, 9.17) is 14.6 Å². The number of nitrogens with zero attached hydrogens (tertiary/aromatic N) is 1. The molecular formula is C12H13NO6. The van der Waals surface area contributed by atoms with Gasteiger partial charge in [0.15, 0.2) is 5.76 Å². The smallest absolute Gasteiger partial charge is 0.309 e. The molecule has 1 aromatic rings. The van der Waals surface area contributed by atoms with Gasteiger partial charge in [-0.3, -0.25) is 14.4 Å². The zero-order chi connectivity index (χ0) is 14.0. The highest BCUT2D eigenvalue weighted by Crippen LogP contribution is 2.25. The van der Waals surface area contributed by atoms with Crippen LogP contribution in [0.15, 0.2) is 22.8 Å². The second-order valence-corrected chi connectivity index (χ2v) is 4.41. The number of rotatable bonds is 3. The van der Waals surface area contributed by atoms with E-state index in [1.54, 1.807) is 6.07 Å². The maximum atomic E-state index is 12.0. The van der Waals surface area contributed by atoms with Gasteiger partial charge in [0.25, 0.3) is 5.91 Å². The first-order valence-electron chi connectivity index (χ1n) is 5.79. The quantitative estimate of drug-likeness (QED) is 0.826. The van der Waals surface area contributed by atoms with Gasteiger partial charge >= 0.3 is 11.9 Å². The Morgan fingerprint density at radius 1 is 1.21 bits per heavy atom. The molecule has 19 heavy (non-hydrogen) atoms. The number of furan rings is 1. The van der Waals surface area contributed by atoms with Crippen molar-refractivity contribution in [3.8, 4) is 0 Å². The highest BCUT2D eigenvalue weighted by Gasteiger charge is 2.40. The summed E-state index contributed by atoms with van der Waals surface area (Å²) in [4.78, 5) is 35.4. The summed E-state index contributed by atoms with van der Waals surface area (Å²) in [6, 6.07) is 3.05. The van der Waals surface area contributed by atoms with E-state index in [0.717, 1.165) is 0 Å². The number of piperidine rings is 1. The summed E-state index contributed by atoms with van der Waals surface area (Å²) in [5.41, 5.74) is 0. The van der Waals surface area contributed by atoms with Crippen molar-refractivity contribution in [2.45, 2.75) is 6.42 Å². The van der Waals surface area contributed by atoms with Gasteiger partial charge in [-0.05, 0) is 18.6 Å². The lowest BCUT2D eigenvalue weighted by molar-refractivity contribution is -0.156. The van der Waals surface area contributed by atoms with Crippen LogP contribution < -0.4 is 0 Å². The molecule has 1 aromatic heterocycles. The first-order chi connectivity index (χ1) is 9.00. The highest BCUT2D eigenvalue weighted by molar-refractivity contribution is 5.92. The molecule has 2 unspecified atom stereocenters. The van der Waals surface area contributed by atoms with Crippen molar-refractivity contribution in [2.75, 3.05) is 13.1 Å². The van der Waals surface area contributed by atoms with E-state index in [0.29, 0.717) is 0 Å². The van der Waals surface area contributed by atoms with Crippen LogP contribution in [-0.2, 0) is 9.59 Å². The summed E-state index contributed by atoms with van der Waals surface area (Å²) in [5, 5.41) is 18.0. The number of hydrogen-bond acceptors (Lipinski definition) is 4. The summed E-state index contributed by atoms with van der Waals surface area (Å²) >= 11 is 0. The monoisotopic (exact) mass is 267 g/mol. The van der Waals surface area contributed by atoms with Crippen LogP contribution in [0.4, 0.5) is 0 Å². The van der Waals surface area contributed by atoms with Crippen LogP contribution in [0, 0.1) is 11.8 Å². The van der Waals surface area contributed by atoms with Gasteiger partial charge in [-0.25, -0.2) is 0 Å². The second kappa shape index (κ2) is 5.13. The first kappa shape index (κ1) is 13.1. The molecule has 1 fully saturated rings. The van der Waals surface area contributed by atoms with Crippen molar-refractivity contribution in [1.29, 1.82) is 0 Å². The Morgan fingerprint density at radius 3 is 2.42 bits per heavy atom. The Balaban J connectivity index is 2.13. The molecule has 0 aliphatic carbocycles. The third kappa shape index (κ3) is 2.59. The van der Waals surface area contributed by atoms with E-state index in [9.17, 15) is 14.4 Å². The largest absolute Gasteiger partial charge is 0.481 e. The summed E-state index contributed by atoms with van der Waals surface area (Å²) in [7, 11) is 0. The van der Waals surface area contributed by atoms with Gasteiger partial charge in [0.2, 0.25) is 0 Å². The molecule has 2 N–H and O–H groups in total. The summed E-state index contributed by atoms with van der Waals surface area (Å²) in [6.07, 6.45) is 1.48. The molecular weight excluding hydrogens is 254 g/mol. The summed E-state index contributed by atoms with van der Waals surface area (Å²) in [5.74, 6) is -4.69. The second-order valence-electron chi connectivity index (χ2n) is 4.41. The minimum atomic E-state index is -1.20. The molecule has 0 bridgehead atoms. The molecule has 0 aromatic carbocycles. The van der Waals surface area contributed by atoms with Crippen molar-refractivity contribution in [2.24, 2.45) is 11.8 Å². The van der Waals surface area contributed by atoms with Gasteiger partial charge in [-0.2, -0.15) is 0 Å². The lowest BCUT2D eigenvalue weighted by Gasteiger charge is -2.34. The molecule has 1 saturated heterocycles. The van der Waals surface area contributed by atoms with Gasteiger partial charge in [-0.15, -0.1) is 0 Å². The number of carbonyl (C=O) groups is 3. The molecule has 1 amide bonds. The van der Waals surface area contributed by atoms with Crippen molar-refractivity contribution in [3.63, 3.8) is 0 Å². The first-order valence-corrected chi connectivity index (χ1v) is 5.79. The predicted octanol–water partition coefficient (Wildman–Crippen LogP) is 0.527.